The Labute approximate surface area is 235 Å². The minimum Gasteiger partial charge on any atom is -0.494 e. The molecule has 0 aliphatic heterocycles. The Hall–Kier alpha value is -2.60. The fourth-order valence-electron chi connectivity index (χ4n) is 3.17. The molecule has 0 saturated carbocycles. The van der Waals surface area contributed by atoms with Crippen molar-refractivity contribution in [2.75, 3.05) is 6.61 Å². The van der Waals surface area contributed by atoms with Gasteiger partial charge in [-0.3, -0.25) is 0 Å². The van der Waals surface area contributed by atoms with Crippen molar-refractivity contribution in [2.45, 2.75) is 66.1 Å². The zero-order valence-corrected chi connectivity index (χ0v) is 21.8. The van der Waals surface area contributed by atoms with Crippen molar-refractivity contribution in [3.63, 3.8) is 0 Å². The lowest BCUT2D eigenvalue weighted by Crippen LogP contribution is -2.74. The zero-order valence-electron chi connectivity index (χ0n) is 21.0. The van der Waals surface area contributed by atoms with Crippen LogP contribution in [-0.4, -0.2) is 53.6 Å². The molecule has 0 saturated heterocycles. The molecule has 0 fully saturated rings. The van der Waals surface area contributed by atoms with Gasteiger partial charge in [-0.2, -0.15) is 74.6 Å². The molecular weight excluding hydrogens is 659 g/mol. The molecule has 2 aromatic rings. The Morgan fingerprint density at radius 2 is 0.884 bits per heavy atom. The molecule has 0 radical (unpaired) electrons. The summed E-state index contributed by atoms with van der Waals surface area (Å²) in [4.78, 5) is 0. The number of rotatable bonds is 13. The molecule has 0 N–H and O–H groups in total. The fraction of sp³-hybridized carbons (Fsp3) is 0.500. The Morgan fingerprint density at radius 1 is 0.512 bits per heavy atom. The molecule has 19 heteroatoms. The third kappa shape index (κ3) is 6.18. The number of hydrogen-bond acceptors (Lipinski definition) is 2. The van der Waals surface area contributed by atoms with Gasteiger partial charge in [0.2, 0.25) is 0 Å². The maximum atomic E-state index is 14.1. The van der Waals surface area contributed by atoms with Gasteiger partial charge in [-0.15, -0.1) is 0 Å². The molecule has 0 spiro atoms. The summed E-state index contributed by atoms with van der Waals surface area (Å²) < 4.78 is 233. The van der Waals surface area contributed by atoms with Gasteiger partial charge in [0.1, 0.15) is 5.75 Å². The van der Waals surface area contributed by atoms with Gasteiger partial charge in [0, 0.05) is 5.75 Å². The topological polar surface area (TPSA) is 9.23 Å². The minimum absolute atomic E-state index is 0.358. The van der Waals surface area contributed by atoms with Crippen LogP contribution in [0.4, 0.5) is 74.6 Å². The van der Waals surface area contributed by atoms with Crippen LogP contribution in [0.2, 0.25) is 0 Å². The monoisotopic (exact) mass is 676 g/mol. The number of ether oxygens (including phenoxy) is 1. The summed E-state index contributed by atoms with van der Waals surface area (Å²) in [5.74, 6) is -50.8. The van der Waals surface area contributed by atoms with E-state index in [2.05, 4.69) is 0 Å². The van der Waals surface area contributed by atoms with Gasteiger partial charge in [-0.05, 0) is 35.2 Å². The molecule has 2 rings (SSSR count). The molecule has 0 atom stereocenters. The van der Waals surface area contributed by atoms with Crippen molar-refractivity contribution in [1.82, 2.24) is 0 Å². The average molecular weight is 676 g/mol. The highest BCUT2D eigenvalue weighted by atomic mass is 32.2. The van der Waals surface area contributed by atoms with Crippen molar-refractivity contribution >= 4 is 11.8 Å². The normalized spacial score (nSPS) is 14.7. The van der Waals surface area contributed by atoms with Gasteiger partial charge in [0.05, 0.1) is 6.61 Å². The predicted octanol–water partition coefficient (Wildman–Crippen LogP) is 10.3. The first-order valence-electron chi connectivity index (χ1n) is 11.4. The quantitative estimate of drug-likeness (QED) is 0.195. The molecule has 2 aromatic carbocycles. The third-order valence-corrected chi connectivity index (χ3v) is 6.82. The smallest absolute Gasteiger partial charge is 0.460 e. The molecule has 0 aliphatic rings. The first kappa shape index (κ1) is 36.6. The van der Waals surface area contributed by atoms with E-state index in [-0.39, 0.29) is 5.56 Å². The van der Waals surface area contributed by atoms with Crippen LogP contribution in [0, 0.1) is 0 Å². The van der Waals surface area contributed by atoms with E-state index in [0.29, 0.717) is 23.5 Å². The predicted molar refractivity (Wildman–Crippen MR) is 120 cm³/mol. The highest BCUT2D eigenvalue weighted by Gasteiger charge is 2.95. The summed E-state index contributed by atoms with van der Waals surface area (Å²) in [7, 11) is 0. The minimum atomic E-state index is -8.64. The lowest BCUT2D eigenvalue weighted by Gasteiger charge is -2.42. The van der Waals surface area contributed by atoms with Crippen molar-refractivity contribution in [3.8, 4) is 16.9 Å². The van der Waals surface area contributed by atoms with Crippen molar-refractivity contribution in [3.05, 3.63) is 54.1 Å². The molecule has 0 aromatic heterocycles. The first-order chi connectivity index (χ1) is 19.2. The van der Waals surface area contributed by atoms with Crippen LogP contribution in [0.25, 0.3) is 11.1 Å². The van der Waals surface area contributed by atoms with Crippen LogP contribution < -0.4 is 4.74 Å². The van der Waals surface area contributed by atoms with Gasteiger partial charge in [0.25, 0.3) is 0 Å². The van der Waals surface area contributed by atoms with Gasteiger partial charge in [-0.1, -0.05) is 55.1 Å². The number of alkyl halides is 17. The molecule has 0 amide bonds. The van der Waals surface area contributed by atoms with E-state index in [0.717, 1.165) is 18.6 Å². The third-order valence-electron chi connectivity index (χ3n) is 5.73. The summed E-state index contributed by atoms with van der Waals surface area (Å²) in [5, 5.41) is -6.50. The van der Waals surface area contributed by atoms with E-state index >= 15 is 0 Å². The van der Waals surface area contributed by atoms with Crippen LogP contribution in [0.5, 0.6) is 5.75 Å². The summed E-state index contributed by atoms with van der Waals surface area (Å²) in [5.41, 5.74) is 0.567. The SMILES string of the molecule is CCCOc1ccc(-c2ccc(CSC(F)(F)C(F)(F)C(F)(F)C(F)(F)C(F)(F)C(F)(F)C(F)(F)C(F)(F)F)cc2)cc1. The molecule has 0 heterocycles. The van der Waals surface area contributed by atoms with E-state index in [4.69, 9.17) is 4.74 Å². The van der Waals surface area contributed by atoms with Crippen molar-refractivity contribution < 1.29 is 79.4 Å². The van der Waals surface area contributed by atoms with Crippen LogP contribution in [0.15, 0.2) is 48.5 Å². The van der Waals surface area contributed by atoms with Crippen LogP contribution in [0.3, 0.4) is 0 Å². The molecular formula is C24H17F17OS. The second kappa shape index (κ2) is 11.7. The van der Waals surface area contributed by atoms with Crippen LogP contribution in [0.1, 0.15) is 18.9 Å². The molecule has 0 aliphatic carbocycles. The summed E-state index contributed by atoms with van der Waals surface area (Å²) in [6.07, 6.45) is -7.06. The fourth-order valence-corrected chi connectivity index (χ4v) is 4.02. The Kier molecular flexibility index (Phi) is 9.98. The second-order valence-corrected chi connectivity index (χ2v) is 9.91. The maximum absolute atomic E-state index is 14.1. The molecule has 1 nitrogen and oxygen atoms in total. The van der Waals surface area contributed by atoms with Crippen LogP contribution in [-0.2, 0) is 5.75 Å². The molecule has 0 unspecified atom stereocenters. The highest BCUT2D eigenvalue weighted by molar-refractivity contribution is 7.99. The number of halogens is 17. The zero-order chi connectivity index (χ0) is 33.5. The lowest BCUT2D eigenvalue weighted by molar-refractivity contribution is -0.458. The van der Waals surface area contributed by atoms with Crippen molar-refractivity contribution in [2.24, 2.45) is 0 Å². The van der Waals surface area contributed by atoms with E-state index in [1.165, 1.54) is 12.1 Å². The molecule has 43 heavy (non-hydrogen) atoms. The van der Waals surface area contributed by atoms with Crippen LogP contribution >= 0.6 is 11.8 Å². The Bertz CT molecular complexity index is 1220. The standard InChI is InChI=1S/C24H17F17OS/c1-2-11-42-16-9-7-15(8-10-16)14-5-3-13(4-6-14)12-43-24(40,41)22(35,36)20(31,32)18(27,28)17(25,26)19(29,30)21(33,34)23(37,38)39/h3-10H,2,11-12H2,1H3. The number of hydrogen-bond donors (Lipinski definition) is 0. The number of benzene rings is 2. The molecule has 244 valence electrons. The van der Waals surface area contributed by atoms with Gasteiger partial charge >= 0.3 is 47.0 Å². The largest absolute Gasteiger partial charge is 0.494 e. The second-order valence-electron chi connectivity index (χ2n) is 8.82. The van der Waals surface area contributed by atoms with Gasteiger partial charge in [0.15, 0.2) is 0 Å². The van der Waals surface area contributed by atoms with E-state index < -0.39 is 64.5 Å². The summed E-state index contributed by atoms with van der Waals surface area (Å²) >= 11 is -1.55. The molecule has 0 bridgehead atoms. The highest BCUT2D eigenvalue weighted by Crippen LogP contribution is 2.65. The first-order valence-corrected chi connectivity index (χ1v) is 12.4. The Balaban J connectivity index is 2.29. The average Bonchev–Trinajstić information content (AvgIpc) is 2.90. The van der Waals surface area contributed by atoms with E-state index in [9.17, 15) is 74.6 Å². The lowest BCUT2D eigenvalue weighted by atomic mass is 9.91. The Morgan fingerprint density at radius 3 is 1.28 bits per heavy atom. The maximum Gasteiger partial charge on any atom is 0.460 e. The summed E-state index contributed by atoms with van der Waals surface area (Å²) in [6.45, 7) is 2.28. The number of thioether (sulfide) groups is 1. The summed E-state index contributed by atoms with van der Waals surface area (Å²) in [6, 6.07) is 10.7. The van der Waals surface area contributed by atoms with E-state index in [1.807, 2.05) is 6.92 Å². The van der Waals surface area contributed by atoms with E-state index in [1.54, 1.807) is 24.3 Å². The van der Waals surface area contributed by atoms with Gasteiger partial charge in [-0.25, -0.2) is 0 Å². The van der Waals surface area contributed by atoms with Crippen molar-refractivity contribution in [1.29, 1.82) is 0 Å². The van der Waals surface area contributed by atoms with Gasteiger partial charge < -0.3 is 4.74 Å².